The maximum absolute atomic E-state index is 12.6. The van der Waals surface area contributed by atoms with Crippen LogP contribution in [-0.2, 0) is 9.84 Å². The molecule has 2 unspecified atom stereocenters. The normalized spacial score (nSPS) is 26.1. The van der Waals surface area contributed by atoms with Gasteiger partial charge in [0, 0.05) is 6.04 Å². The van der Waals surface area contributed by atoms with Crippen LogP contribution in [0.25, 0.3) is 0 Å². The summed E-state index contributed by atoms with van der Waals surface area (Å²) in [6.45, 7) is 7.05. The topological polar surface area (TPSA) is 46.2 Å². The zero-order valence-electron chi connectivity index (χ0n) is 12.8. The summed E-state index contributed by atoms with van der Waals surface area (Å²) in [6, 6.07) is 0.170. The molecule has 1 N–H and O–H groups in total. The van der Waals surface area contributed by atoms with Crippen molar-refractivity contribution in [2.75, 3.05) is 12.3 Å². The monoisotopic (exact) mass is 289 g/mol. The molecule has 0 heterocycles. The Balaban J connectivity index is 2.80. The van der Waals surface area contributed by atoms with Crippen molar-refractivity contribution < 1.29 is 8.42 Å². The molecular formula is C15H31NO2S. The first-order valence-corrected chi connectivity index (χ1v) is 9.64. The molecule has 0 spiro atoms. The van der Waals surface area contributed by atoms with Gasteiger partial charge in [0.05, 0.1) is 11.0 Å². The van der Waals surface area contributed by atoms with Crippen molar-refractivity contribution in [1.29, 1.82) is 0 Å². The lowest BCUT2D eigenvalue weighted by Gasteiger charge is -2.30. The van der Waals surface area contributed by atoms with E-state index in [1.807, 2.05) is 13.8 Å². The van der Waals surface area contributed by atoms with E-state index in [9.17, 15) is 8.42 Å². The molecule has 0 aromatic carbocycles. The largest absolute Gasteiger partial charge is 0.313 e. The van der Waals surface area contributed by atoms with Gasteiger partial charge in [-0.3, -0.25) is 0 Å². The van der Waals surface area contributed by atoms with E-state index >= 15 is 0 Å². The van der Waals surface area contributed by atoms with Gasteiger partial charge in [-0.15, -0.1) is 0 Å². The molecule has 114 valence electrons. The first-order chi connectivity index (χ1) is 8.97. The molecule has 0 bridgehead atoms. The molecule has 4 heteroatoms. The summed E-state index contributed by atoms with van der Waals surface area (Å²) in [5.41, 5.74) is 0. The van der Waals surface area contributed by atoms with E-state index in [1.54, 1.807) is 0 Å². The Morgan fingerprint density at radius 2 is 1.74 bits per heavy atom. The van der Waals surface area contributed by atoms with Crippen LogP contribution in [0.1, 0.15) is 65.7 Å². The molecule has 0 aliphatic heterocycles. The lowest BCUT2D eigenvalue weighted by atomic mass is 9.96. The standard InChI is InChI=1S/C15H31NO2S/c1-4-11-16-14-9-7-5-6-8-10-15(14)19(17,18)12-13(2)3/h13-16H,4-12H2,1-3H3. The van der Waals surface area contributed by atoms with Gasteiger partial charge in [0.2, 0.25) is 0 Å². The number of hydrogen-bond donors (Lipinski definition) is 1. The number of sulfone groups is 1. The van der Waals surface area contributed by atoms with Crippen molar-refractivity contribution in [2.24, 2.45) is 5.92 Å². The number of rotatable bonds is 6. The lowest BCUT2D eigenvalue weighted by molar-refractivity contribution is 0.386. The maximum Gasteiger partial charge on any atom is 0.154 e. The fourth-order valence-electron chi connectivity index (χ4n) is 3.03. The maximum atomic E-state index is 12.6. The summed E-state index contributed by atoms with van der Waals surface area (Å²) in [6.07, 6.45) is 7.59. The number of nitrogens with one attached hydrogen (secondary N) is 1. The molecule has 1 aliphatic rings. The Kier molecular flexibility index (Phi) is 7.37. The minimum atomic E-state index is -2.96. The highest BCUT2D eigenvalue weighted by atomic mass is 32.2. The average molecular weight is 289 g/mol. The molecule has 1 saturated carbocycles. The van der Waals surface area contributed by atoms with Gasteiger partial charge < -0.3 is 5.32 Å². The molecule has 0 aromatic heterocycles. The summed E-state index contributed by atoms with van der Waals surface area (Å²) in [5, 5.41) is 3.32. The van der Waals surface area contributed by atoms with Gasteiger partial charge in [0.25, 0.3) is 0 Å². The summed E-state index contributed by atoms with van der Waals surface area (Å²) in [4.78, 5) is 0. The Morgan fingerprint density at radius 3 is 2.32 bits per heavy atom. The van der Waals surface area contributed by atoms with Crippen molar-refractivity contribution in [3.63, 3.8) is 0 Å². The summed E-state index contributed by atoms with van der Waals surface area (Å²) < 4.78 is 25.2. The molecule has 19 heavy (non-hydrogen) atoms. The number of hydrogen-bond acceptors (Lipinski definition) is 3. The van der Waals surface area contributed by atoms with Crippen LogP contribution in [0.15, 0.2) is 0 Å². The van der Waals surface area contributed by atoms with Crippen molar-refractivity contribution in [3.05, 3.63) is 0 Å². The molecule has 3 nitrogen and oxygen atoms in total. The van der Waals surface area contributed by atoms with Crippen LogP contribution in [-0.4, -0.2) is 32.0 Å². The zero-order chi connectivity index (χ0) is 14.3. The second-order valence-electron chi connectivity index (χ2n) is 6.31. The van der Waals surface area contributed by atoms with Gasteiger partial charge in [-0.2, -0.15) is 0 Å². The first-order valence-electron chi connectivity index (χ1n) is 7.92. The van der Waals surface area contributed by atoms with Crippen LogP contribution < -0.4 is 5.32 Å². The Bertz CT molecular complexity index is 336. The van der Waals surface area contributed by atoms with E-state index in [4.69, 9.17) is 0 Å². The van der Waals surface area contributed by atoms with E-state index in [1.165, 1.54) is 12.8 Å². The fraction of sp³-hybridized carbons (Fsp3) is 1.00. The highest BCUT2D eigenvalue weighted by molar-refractivity contribution is 7.92. The van der Waals surface area contributed by atoms with Crippen molar-refractivity contribution in [1.82, 2.24) is 5.32 Å². The zero-order valence-corrected chi connectivity index (χ0v) is 13.6. The van der Waals surface area contributed by atoms with Crippen molar-refractivity contribution in [2.45, 2.75) is 77.0 Å². The van der Waals surface area contributed by atoms with Crippen molar-refractivity contribution in [3.8, 4) is 0 Å². The van der Waals surface area contributed by atoms with Gasteiger partial charge >= 0.3 is 0 Å². The predicted molar refractivity (Wildman–Crippen MR) is 82.2 cm³/mol. The molecule has 0 aromatic rings. The second kappa shape index (κ2) is 8.25. The third kappa shape index (κ3) is 5.82. The third-order valence-corrected chi connectivity index (χ3v) is 6.50. The van der Waals surface area contributed by atoms with E-state index in [-0.39, 0.29) is 17.2 Å². The molecule has 0 amide bonds. The highest BCUT2D eigenvalue weighted by Gasteiger charge is 2.33. The summed E-state index contributed by atoms with van der Waals surface area (Å²) >= 11 is 0. The molecule has 0 saturated heterocycles. The van der Waals surface area contributed by atoms with Crippen LogP contribution in [0, 0.1) is 5.92 Å². The predicted octanol–water partition coefficient (Wildman–Crippen LogP) is 3.15. The SMILES string of the molecule is CCCNC1CCCCCCC1S(=O)(=O)CC(C)C. The van der Waals surface area contributed by atoms with Crippen LogP contribution >= 0.6 is 0 Å². The molecular weight excluding hydrogens is 258 g/mol. The molecule has 1 aliphatic carbocycles. The third-order valence-electron chi connectivity index (χ3n) is 3.89. The van der Waals surface area contributed by atoms with E-state index in [2.05, 4.69) is 12.2 Å². The Labute approximate surface area is 119 Å². The van der Waals surface area contributed by atoms with Crippen LogP contribution in [0.3, 0.4) is 0 Å². The minimum Gasteiger partial charge on any atom is -0.313 e. The van der Waals surface area contributed by atoms with Gasteiger partial charge in [-0.05, 0) is 31.7 Å². The van der Waals surface area contributed by atoms with Gasteiger partial charge in [-0.1, -0.05) is 46.5 Å². The van der Waals surface area contributed by atoms with E-state index in [0.29, 0.717) is 5.75 Å². The van der Waals surface area contributed by atoms with Crippen LogP contribution in [0.2, 0.25) is 0 Å². The first kappa shape index (κ1) is 17.0. The molecule has 1 fully saturated rings. The van der Waals surface area contributed by atoms with E-state index < -0.39 is 9.84 Å². The van der Waals surface area contributed by atoms with Crippen LogP contribution in [0.5, 0.6) is 0 Å². The molecule has 1 rings (SSSR count). The summed E-state index contributed by atoms with van der Waals surface area (Å²) in [5.74, 6) is 0.560. The Morgan fingerprint density at radius 1 is 1.11 bits per heavy atom. The van der Waals surface area contributed by atoms with Gasteiger partial charge in [0.1, 0.15) is 0 Å². The van der Waals surface area contributed by atoms with Crippen molar-refractivity contribution >= 4 is 9.84 Å². The second-order valence-corrected chi connectivity index (χ2v) is 8.58. The minimum absolute atomic E-state index is 0.165. The molecule has 0 radical (unpaired) electrons. The summed E-state index contributed by atoms with van der Waals surface area (Å²) in [7, 11) is -2.96. The quantitative estimate of drug-likeness (QED) is 0.817. The van der Waals surface area contributed by atoms with E-state index in [0.717, 1.165) is 38.6 Å². The van der Waals surface area contributed by atoms with Crippen LogP contribution in [0.4, 0.5) is 0 Å². The van der Waals surface area contributed by atoms with Gasteiger partial charge in [-0.25, -0.2) is 8.42 Å². The Hall–Kier alpha value is -0.0900. The fourth-order valence-corrected chi connectivity index (χ4v) is 5.47. The van der Waals surface area contributed by atoms with Gasteiger partial charge in [0.15, 0.2) is 9.84 Å². The smallest absolute Gasteiger partial charge is 0.154 e. The average Bonchev–Trinajstić information content (AvgIpc) is 2.25. The molecule has 2 atom stereocenters. The lowest BCUT2D eigenvalue weighted by Crippen LogP contribution is -2.46. The highest BCUT2D eigenvalue weighted by Crippen LogP contribution is 2.24.